The van der Waals surface area contributed by atoms with Gasteiger partial charge in [0.15, 0.2) is 5.13 Å². The van der Waals surface area contributed by atoms with Crippen molar-refractivity contribution in [1.82, 2.24) is 10.3 Å². The lowest BCUT2D eigenvalue weighted by Crippen LogP contribution is -2.30. The normalized spacial score (nSPS) is 14.7. The molecular formula is C25H27N3O4S. The quantitative estimate of drug-likeness (QED) is 0.463. The van der Waals surface area contributed by atoms with E-state index < -0.39 is 0 Å². The zero-order valence-corrected chi connectivity index (χ0v) is 19.5. The summed E-state index contributed by atoms with van der Waals surface area (Å²) in [6.45, 7) is 4.59. The van der Waals surface area contributed by atoms with Gasteiger partial charge in [0.05, 0.1) is 24.9 Å². The summed E-state index contributed by atoms with van der Waals surface area (Å²) < 4.78 is 11.4. The fourth-order valence-corrected chi connectivity index (χ4v) is 4.39. The van der Waals surface area contributed by atoms with E-state index in [1.54, 1.807) is 0 Å². The first-order chi connectivity index (χ1) is 16.0. The third-order valence-corrected chi connectivity index (χ3v) is 6.07. The highest BCUT2D eigenvalue weighted by atomic mass is 32.1. The summed E-state index contributed by atoms with van der Waals surface area (Å²) in [4.78, 5) is 28.4. The predicted octanol–water partition coefficient (Wildman–Crippen LogP) is 4.88. The van der Waals surface area contributed by atoms with Gasteiger partial charge in [-0.2, -0.15) is 0 Å². The molecule has 0 saturated heterocycles. The van der Waals surface area contributed by atoms with Crippen LogP contribution < -0.4 is 20.1 Å². The molecule has 1 aliphatic rings. The fraction of sp³-hybridized carbons (Fsp3) is 0.320. The van der Waals surface area contributed by atoms with Crippen LogP contribution in [0.2, 0.25) is 0 Å². The summed E-state index contributed by atoms with van der Waals surface area (Å²) in [5.41, 5.74) is 3.81. The Labute approximate surface area is 197 Å². The van der Waals surface area contributed by atoms with Gasteiger partial charge in [0.1, 0.15) is 11.5 Å². The molecular weight excluding hydrogens is 438 g/mol. The molecule has 4 rings (SSSR count). The minimum absolute atomic E-state index is 0.0684. The molecule has 0 aliphatic carbocycles. The van der Waals surface area contributed by atoms with Crippen molar-refractivity contribution < 1.29 is 19.1 Å². The van der Waals surface area contributed by atoms with Crippen LogP contribution in [0, 0.1) is 6.92 Å². The van der Waals surface area contributed by atoms with E-state index in [1.165, 1.54) is 23.8 Å². The zero-order chi connectivity index (χ0) is 23.2. The summed E-state index contributed by atoms with van der Waals surface area (Å²) in [7, 11) is 0. The van der Waals surface area contributed by atoms with Crippen LogP contribution in [0.1, 0.15) is 43.4 Å². The Bertz CT molecular complexity index is 1130. The van der Waals surface area contributed by atoms with E-state index in [0.29, 0.717) is 31.2 Å². The molecule has 2 amide bonds. The van der Waals surface area contributed by atoms with Crippen molar-refractivity contribution in [2.45, 2.75) is 39.2 Å². The summed E-state index contributed by atoms with van der Waals surface area (Å²) in [6, 6.07) is 13.6. The van der Waals surface area contributed by atoms with Gasteiger partial charge in [-0.15, -0.1) is 11.3 Å². The van der Waals surface area contributed by atoms with E-state index in [2.05, 4.69) is 15.6 Å². The lowest BCUT2D eigenvalue weighted by Gasteiger charge is -2.26. The van der Waals surface area contributed by atoms with Gasteiger partial charge in [0.25, 0.3) is 0 Å². The molecule has 1 aliphatic heterocycles. The fourth-order valence-electron chi connectivity index (χ4n) is 3.65. The number of hydrogen-bond donors (Lipinski definition) is 2. The van der Waals surface area contributed by atoms with Crippen molar-refractivity contribution in [2.24, 2.45) is 0 Å². The van der Waals surface area contributed by atoms with Gasteiger partial charge in [0.2, 0.25) is 11.8 Å². The number of thiazole rings is 1. The molecule has 7 nitrogen and oxygen atoms in total. The van der Waals surface area contributed by atoms with E-state index in [-0.39, 0.29) is 17.9 Å². The monoisotopic (exact) mass is 465 g/mol. The molecule has 0 spiro atoms. The molecule has 33 heavy (non-hydrogen) atoms. The van der Waals surface area contributed by atoms with Crippen molar-refractivity contribution in [3.8, 4) is 22.8 Å². The molecule has 0 fully saturated rings. The number of nitrogens with one attached hydrogen (secondary N) is 2. The van der Waals surface area contributed by atoms with Crippen LogP contribution in [0.15, 0.2) is 47.8 Å². The average Bonchev–Trinajstić information content (AvgIpc) is 3.26. The number of nitrogens with zero attached hydrogens (tertiary/aromatic N) is 1. The number of ether oxygens (including phenoxy) is 2. The molecule has 0 saturated carbocycles. The molecule has 1 atom stereocenters. The average molecular weight is 466 g/mol. The Morgan fingerprint density at radius 3 is 2.82 bits per heavy atom. The van der Waals surface area contributed by atoms with Crippen LogP contribution in [-0.4, -0.2) is 30.0 Å². The standard InChI is InChI=1S/C25H27N3O4S/c1-16-5-8-19(9-6-16)31-12-3-4-24(30)28-25-27-22(15-33-25)18-7-10-23-20(14-18)21(11-13-32-23)26-17(2)29/h5-10,14-15,21H,3-4,11-13H2,1-2H3,(H,26,29)(H,27,28,30). The van der Waals surface area contributed by atoms with E-state index >= 15 is 0 Å². The largest absolute Gasteiger partial charge is 0.494 e. The van der Waals surface area contributed by atoms with Crippen LogP contribution in [-0.2, 0) is 9.59 Å². The first-order valence-electron chi connectivity index (χ1n) is 11.0. The Morgan fingerprint density at radius 1 is 1.21 bits per heavy atom. The Kier molecular flexibility index (Phi) is 7.24. The van der Waals surface area contributed by atoms with Gasteiger partial charge < -0.3 is 20.1 Å². The second-order valence-corrected chi connectivity index (χ2v) is 8.85. The molecule has 0 bridgehead atoms. The lowest BCUT2D eigenvalue weighted by molar-refractivity contribution is -0.120. The second kappa shape index (κ2) is 10.5. The van der Waals surface area contributed by atoms with Crippen molar-refractivity contribution in [2.75, 3.05) is 18.5 Å². The number of aryl methyl sites for hydroxylation is 1. The smallest absolute Gasteiger partial charge is 0.226 e. The van der Waals surface area contributed by atoms with Gasteiger partial charge in [-0.1, -0.05) is 17.7 Å². The molecule has 8 heteroatoms. The molecule has 1 aromatic heterocycles. The molecule has 1 unspecified atom stereocenters. The van der Waals surface area contributed by atoms with Crippen LogP contribution in [0.4, 0.5) is 5.13 Å². The first kappa shape index (κ1) is 22.8. The molecule has 3 aromatic rings. The van der Waals surface area contributed by atoms with Crippen LogP contribution >= 0.6 is 11.3 Å². The number of fused-ring (bicyclic) bond motifs is 1. The first-order valence-corrected chi connectivity index (χ1v) is 11.8. The van der Waals surface area contributed by atoms with E-state index in [0.717, 1.165) is 34.7 Å². The van der Waals surface area contributed by atoms with E-state index in [9.17, 15) is 9.59 Å². The van der Waals surface area contributed by atoms with Crippen LogP contribution in [0.3, 0.4) is 0 Å². The minimum atomic E-state index is -0.0898. The van der Waals surface area contributed by atoms with Crippen molar-refractivity contribution in [3.63, 3.8) is 0 Å². The third-order valence-electron chi connectivity index (χ3n) is 5.31. The SMILES string of the molecule is CC(=O)NC1CCOc2ccc(-c3csc(NC(=O)CCCOc4ccc(C)cc4)n3)cc21. The maximum atomic E-state index is 12.3. The molecule has 2 heterocycles. The number of carbonyl (C=O) groups is 2. The van der Waals surface area contributed by atoms with Gasteiger partial charge >= 0.3 is 0 Å². The van der Waals surface area contributed by atoms with Gasteiger partial charge in [-0.3, -0.25) is 9.59 Å². The van der Waals surface area contributed by atoms with E-state index in [4.69, 9.17) is 9.47 Å². The third kappa shape index (κ3) is 6.10. The Balaban J connectivity index is 1.32. The van der Waals surface area contributed by atoms with Crippen LogP contribution in [0.5, 0.6) is 11.5 Å². The summed E-state index contributed by atoms with van der Waals surface area (Å²) >= 11 is 1.38. The maximum Gasteiger partial charge on any atom is 0.226 e. The molecule has 2 N–H and O–H groups in total. The highest BCUT2D eigenvalue weighted by Gasteiger charge is 2.23. The number of benzene rings is 2. The Morgan fingerprint density at radius 2 is 2.03 bits per heavy atom. The second-order valence-electron chi connectivity index (χ2n) is 7.99. The topological polar surface area (TPSA) is 89.6 Å². The number of hydrogen-bond acceptors (Lipinski definition) is 6. The number of rotatable bonds is 8. The van der Waals surface area contributed by atoms with Crippen LogP contribution in [0.25, 0.3) is 11.3 Å². The Hall–Kier alpha value is -3.39. The van der Waals surface area contributed by atoms with Gasteiger partial charge in [0, 0.05) is 36.3 Å². The summed E-state index contributed by atoms with van der Waals surface area (Å²) in [6.07, 6.45) is 1.70. The van der Waals surface area contributed by atoms with E-state index in [1.807, 2.05) is 54.8 Å². The number of carbonyl (C=O) groups excluding carboxylic acids is 2. The minimum Gasteiger partial charge on any atom is -0.494 e. The maximum absolute atomic E-state index is 12.3. The molecule has 172 valence electrons. The van der Waals surface area contributed by atoms with Gasteiger partial charge in [-0.05, 0) is 43.7 Å². The number of anilines is 1. The van der Waals surface area contributed by atoms with Crippen molar-refractivity contribution in [3.05, 3.63) is 59.0 Å². The summed E-state index contributed by atoms with van der Waals surface area (Å²) in [5.74, 6) is 1.43. The van der Waals surface area contributed by atoms with Crippen molar-refractivity contribution in [1.29, 1.82) is 0 Å². The highest BCUT2D eigenvalue weighted by molar-refractivity contribution is 7.14. The van der Waals surface area contributed by atoms with Crippen molar-refractivity contribution >= 4 is 28.3 Å². The van der Waals surface area contributed by atoms with Gasteiger partial charge in [-0.25, -0.2) is 4.98 Å². The predicted molar refractivity (Wildman–Crippen MR) is 129 cm³/mol. The number of aromatic nitrogens is 1. The molecule has 0 radical (unpaired) electrons. The molecule has 2 aromatic carbocycles. The highest BCUT2D eigenvalue weighted by Crippen LogP contribution is 2.36. The zero-order valence-electron chi connectivity index (χ0n) is 18.7. The number of amides is 2. The lowest BCUT2D eigenvalue weighted by atomic mass is 9.97. The summed E-state index contributed by atoms with van der Waals surface area (Å²) in [5, 5.41) is 8.32.